The Balaban J connectivity index is 2.27. The van der Waals surface area contributed by atoms with Gasteiger partial charge in [-0.1, -0.05) is 52.9 Å². The van der Waals surface area contributed by atoms with Gasteiger partial charge in [0, 0.05) is 10.5 Å². The lowest BCUT2D eigenvalue weighted by molar-refractivity contribution is 0.287. The van der Waals surface area contributed by atoms with Crippen LogP contribution in [0.25, 0.3) is 0 Å². The number of aryl methyl sites for hydroxylation is 1. The van der Waals surface area contributed by atoms with Crippen molar-refractivity contribution in [3.05, 3.63) is 35.9 Å². The van der Waals surface area contributed by atoms with E-state index in [0.29, 0.717) is 10.5 Å². The fourth-order valence-corrected chi connectivity index (χ4v) is 1.84. The van der Waals surface area contributed by atoms with Crippen LogP contribution in [0.2, 0.25) is 0 Å². The summed E-state index contributed by atoms with van der Waals surface area (Å²) in [5.41, 5.74) is 1.39. The van der Waals surface area contributed by atoms with Gasteiger partial charge in [-0.2, -0.15) is 0 Å². The lowest BCUT2D eigenvalue weighted by atomic mass is 10.1. The van der Waals surface area contributed by atoms with Crippen LogP contribution in [0.15, 0.2) is 30.3 Å². The average Bonchev–Trinajstić information content (AvgIpc) is 2.17. The van der Waals surface area contributed by atoms with Crippen LogP contribution in [-0.4, -0.2) is 15.6 Å². The van der Waals surface area contributed by atoms with Crippen molar-refractivity contribution in [3.8, 4) is 0 Å². The lowest BCUT2D eigenvalue weighted by Crippen LogP contribution is -2.02. The second-order valence-corrected chi connectivity index (χ2v) is 4.90. The number of rotatable bonds is 5. The second kappa shape index (κ2) is 6.38. The summed E-state index contributed by atoms with van der Waals surface area (Å²) in [6.45, 7) is 0.308. The van der Waals surface area contributed by atoms with E-state index in [9.17, 15) is 0 Å². The van der Waals surface area contributed by atoms with Gasteiger partial charge in [-0.05, 0) is 24.8 Å². The molecule has 13 heavy (non-hydrogen) atoms. The monoisotopic (exact) mass is 290 g/mol. The molecule has 0 saturated heterocycles. The number of halogens is 1. The number of hydrogen-bond acceptors (Lipinski definition) is 1. The summed E-state index contributed by atoms with van der Waals surface area (Å²) in [6, 6.07) is 10.5. The Hall–Kier alpha value is -0.0900. The van der Waals surface area contributed by atoms with Crippen molar-refractivity contribution >= 4 is 22.6 Å². The van der Waals surface area contributed by atoms with E-state index in [-0.39, 0.29) is 0 Å². The first kappa shape index (κ1) is 11.0. The molecule has 0 aliphatic heterocycles. The summed E-state index contributed by atoms with van der Waals surface area (Å²) in [7, 11) is 0. The van der Waals surface area contributed by atoms with Gasteiger partial charge >= 0.3 is 0 Å². The van der Waals surface area contributed by atoms with Crippen molar-refractivity contribution in [2.45, 2.75) is 23.2 Å². The Morgan fingerprint density at radius 2 is 1.85 bits per heavy atom. The van der Waals surface area contributed by atoms with E-state index in [4.69, 9.17) is 5.11 Å². The predicted octanol–water partition coefficient (Wildman–Crippen LogP) is 2.81. The number of aliphatic hydroxyl groups is 1. The Morgan fingerprint density at radius 1 is 1.15 bits per heavy atom. The Morgan fingerprint density at radius 3 is 2.46 bits per heavy atom. The zero-order chi connectivity index (χ0) is 9.52. The summed E-state index contributed by atoms with van der Waals surface area (Å²) >= 11 is 2.41. The summed E-state index contributed by atoms with van der Waals surface area (Å²) < 4.78 is 0.600. The van der Waals surface area contributed by atoms with Gasteiger partial charge in [-0.25, -0.2) is 0 Å². The zero-order valence-corrected chi connectivity index (χ0v) is 9.78. The highest BCUT2D eigenvalue weighted by Crippen LogP contribution is 2.14. The van der Waals surface area contributed by atoms with Gasteiger partial charge in [0.05, 0.1) is 0 Å². The molecule has 0 bridgehead atoms. The first-order chi connectivity index (χ1) is 6.33. The fraction of sp³-hybridized carbons (Fsp3) is 0.455. The van der Waals surface area contributed by atoms with E-state index >= 15 is 0 Å². The number of alkyl halides is 1. The van der Waals surface area contributed by atoms with Crippen LogP contribution < -0.4 is 0 Å². The molecular weight excluding hydrogens is 275 g/mol. The molecule has 72 valence electrons. The maximum atomic E-state index is 8.73. The third-order valence-electron chi connectivity index (χ3n) is 2.03. The molecule has 0 heterocycles. The van der Waals surface area contributed by atoms with Crippen molar-refractivity contribution in [2.75, 3.05) is 6.61 Å². The molecule has 0 fully saturated rings. The molecule has 1 aromatic carbocycles. The molecular formula is C11H15IO. The van der Waals surface area contributed by atoms with Crippen LogP contribution in [0.5, 0.6) is 0 Å². The van der Waals surface area contributed by atoms with Crippen molar-refractivity contribution in [1.29, 1.82) is 0 Å². The third-order valence-corrected chi connectivity index (χ3v) is 3.28. The molecule has 2 heteroatoms. The fourth-order valence-electron chi connectivity index (χ4n) is 1.25. The van der Waals surface area contributed by atoms with Crippen LogP contribution in [0.3, 0.4) is 0 Å². The van der Waals surface area contributed by atoms with E-state index in [0.717, 1.165) is 19.3 Å². The largest absolute Gasteiger partial charge is 0.396 e. The molecule has 0 saturated carbocycles. The topological polar surface area (TPSA) is 20.2 Å². The standard InChI is InChI=1S/C11H15IO/c12-11(8-9-13)7-6-10-4-2-1-3-5-10/h1-5,11,13H,6-9H2. The van der Waals surface area contributed by atoms with Gasteiger partial charge in [-0.3, -0.25) is 0 Å². The summed E-state index contributed by atoms with van der Waals surface area (Å²) in [5, 5.41) is 8.73. The normalized spacial score (nSPS) is 12.8. The van der Waals surface area contributed by atoms with Gasteiger partial charge < -0.3 is 5.11 Å². The zero-order valence-electron chi connectivity index (χ0n) is 7.62. The maximum Gasteiger partial charge on any atom is 0.0441 e. The molecule has 0 spiro atoms. The van der Waals surface area contributed by atoms with Gasteiger partial charge in [0.25, 0.3) is 0 Å². The van der Waals surface area contributed by atoms with Crippen molar-refractivity contribution in [2.24, 2.45) is 0 Å². The molecule has 1 nitrogen and oxygen atoms in total. The first-order valence-corrected chi connectivity index (χ1v) is 5.86. The van der Waals surface area contributed by atoms with Crippen LogP contribution in [0.1, 0.15) is 18.4 Å². The molecule has 1 aromatic rings. The van der Waals surface area contributed by atoms with Gasteiger partial charge in [0.1, 0.15) is 0 Å². The summed E-state index contributed by atoms with van der Waals surface area (Å²) in [6.07, 6.45) is 3.19. The molecule has 0 aromatic heterocycles. The summed E-state index contributed by atoms with van der Waals surface area (Å²) in [4.78, 5) is 0. The summed E-state index contributed by atoms with van der Waals surface area (Å²) in [5.74, 6) is 0. The smallest absolute Gasteiger partial charge is 0.0441 e. The van der Waals surface area contributed by atoms with Crippen molar-refractivity contribution < 1.29 is 5.11 Å². The van der Waals surface area contributed by atoms with E-state index < -0.39 is 0 Å². The van der Waals surface area contributed by atoms with Gasteiger partial charge in [0.15, 0.2) is 0 Å². The van der Waals surface area contributed by atoms with E-state index in [1.54, 1.807) is 0 Å². The molecule has 1 atom stereocenters. The molecule has 0 radical (unpaired) electrons. The SMILES string of the molecule is OCCC(I)CCc1ccccc1. The molecule has 0 aliphatic carbocycles. The maximum absolute atomic E-state index is 8.73. The van der Waals surface area contributed by atoms with Crippen molar-refractivity contribution in [3.63, 3.8) is 0 Å². The first-order valence-electron chi connectivity index (χ1n) is 4.62. The Labute approximate surface area is 93.3 Å². The number of aliphatic hydroxyl groups excluding tert-OH is 1. The number of benzene rings is 1. The van der Waals surface area contributed by atoms with Gasteiger partial charge in [0.2, 0.25) is 0 Å². The highest BCUT2D eigenvalue weighted by Gasteiger charge is 2.02. The Bertz CT molecular complexity index is 223. The highest BCUT2D eigenvalue weighted by atomic mass is 127. The predicted molar refractivity (Wildman–Crippen MR) is 64.3 cm³/mol. The van der Waals surface area contributed by atoms with Crippen LogP contribution in [0, 0.1) is 0 Å². The third kappa shape index (κ3) is 4.62. The minimum Gasteiger partial charge on any atom is -0.396 e. The second-order valence-electron chi connectivity index (χ2n) is 3.13. The van der Waals surface area contributed by atoms with Crippen LogP contribution in [0.4, 0.5) is 0 Å². The average molecular weight is 290 g/mol. The molecule has 1 N–H and O–H groups in total. The quantitative estimate of drug-likeness (QED) is 0.653. The van der Waals surface area contributed by atoms with Gasteiger partial charge in [-0.15, -0.1) is 0 Å². The highest BCUT2D eigenvalue weighted by molar-refractivity contribution is 14.1. The Kier molecular flexibility index (Phi) is 5.39. The molecule has 0 amide bonds. The lowest BCUT2D eigenvalue weighted by Gasteiger charge is -2.07. The molecule has 1 rings (SSSR count). The number of hydrogen-bond donors (Lipinski definition) is 1. The van der Waals surface area contributed by atoms with Crippen LogP contribution >= 0.6 is 22.6 Å². The van der Waals surface area contributed by atoms with E-state index in [1.165, 1.54) is 5.56 Å². The van der Waals surface area contributed by atoms with E-state index in [2.05, 4.69) is 46.9 Å². The van der Waals surface area contributed by atoms with Crippen molar-refractivity contribution in [1.82, 2.24) is 0 Å². The molecule has 1 unspecified atom stereocenters. The minimum atomic E-state index is 0.308. The van der Waals surface area contributed by atoms with Crippen LogP contribution in [-0.2, 0) is 6.42 Å². The minimum absolute atomic E-state index is 0.308. The van der Waals surface area contributed by atoms with E-state index in [1.807, 2.05) is 6.07 Å². The molecule has 0 aliphatic rings.